The van der Waals surface area contributed by atoms with Gasteiger partial charge in [-0.3, -0.25) is 0 Å². The fourth-order valence-corrected chi connectivity index (χ4v) is 75.1. The molecule has 0 aromatic carbocycles. The number of hydrogen-bond acceptors (Lipinski definition) is 27. The predicted molar refractivity (Wildman–Crippen MR) is 417 cm³/mol. The summed E-state index contributed by atoms with van der Waals surface area (Å²) in [6.07, 6.45) is 13.7. The molecule has 0 atom stereocenters. The molecule has 0 N–H and O–H groups in total. The van der Waals surface area contributed by atoms with Crippen LogP contribution in [-0.2, 0) is 85.8 Å². The molecule has 2 bridgehead atoms. The molecule has 0 aliphatic carbocycles. The van der Waals surface area contributed by atoms with Crippen molar-refractivity contribution in [1.82, 2.24) is 0 Å². The van der Waals surface area contributed by atoms with E-state index in [2.05, 4.69) is 80.6 Å². The average molecular weight is 2280 g/mol. The molecule has 0 amide bonds. The van der Waals surface area contributed by atoms with E-state index in [1.807, 2.05) is 22.8 Å². The van der Waals surface area contributed by atoms with Crippen LogP contribution in [0.3, 0.4) is 0 Å². The Morgan fingerprint density at radius 1 is 0.310 bits per heavy atom. The maximum atomic E-state index is 12.4. The van der Waals surface area contributed by atoms with Crippen molar-refractivity contribution < 1.29 is 85.8 Å². The van der Waals surface area contributed by atoms with Crippen LogP contribution < -0.4 is 0 Å². The third-order valence-corrected chi connectivity index (χ3v) is 103. The molecule has 5 rings (SSSR count). The Morgan fingerprint density at radius 2 is 0.552 bits per heavy atom. The molecule has 18 nitrogen and oxygen atoms in total. The number of hydrogen-bond donors (Lipinski definition) is 0. The van der Waals surface area contributed by atoms with Crippen molar-refractivity contribution in [2.75, 3.05) is 97.1 Å². The molecule has 0 aromatic rings. The third-order valence-electron chi connectivity index (χ3n) is 11.1. The van der Waals surface area contributed by atoms with Crippen LogP contribution in [0.2, 0.25) is 42.9 Å². The van der Waals surface area contributed by atoms with Gasteiger partial charge in [-0.1, -0.05) is 44.6 Å². The van der Waals surface area contributed by atoms with Crippen LogP contribution in [-0.4, -0.2) is 222 Å². The van der Waals surface area contributed by atoms with Gasteiger partial charge in [-0.15, -0.1) is 0 Å². The van der Waals surface area contributed by atoms with E-state index < -0.39 is 128 Å². The van der Waals surface area contributed by atoms with Crippen LogP contribution in [0.15, 0.2) is 0 Å². The number of halogens is 3. The van der Waals surface area contributed by atoms with E-state index in [0.717, 1.165) is 54.5 Å². The summed E-state index contributed by atoms with van der Waals surface area (Å²) in [4.78, 5) is 122. The first-order valence-corrected chi connectivity index (χ1v) is 108. The summed E-state index contributed by atoms with van der Waals surface area (Å²) in [6.45, 7) is -1.11. The normalized spacial score (nSPS) is 23.9. The zero-order valence-electron chi connectivity index (χ0n) is 47.1. The van der Waals surface area contributed by atoms with Gasteiger partial charge in [0.25, 0.3) is 0 Å². The molecule has 0 unspecified atom stereocenters. The molecule has 35 heteroatoms. The van der Waals surface area contributed by atoms with Gasteiger partial charge >= 0.3 is 570 Å². The molecule has 0 radical (unpaired) electrons. The monoisotopic (exact) mass is 2280 g/mol. The van der Waals surface area contributed by atoms with Gasteiger partial charge in [-0.2, -0.15) is 0 Å². The van der Waals surface area contributed by atoms with Crippen molar-refractivity contribution in [3.8, 4) is 0 Å². The summed E-state index contributed by atoms with van der Waals surface area (Å²) in [6, 6.07) is 0. The number of carbonyl (C=O) groups excluding carboxylic acids is 9. The van der Waals surface area contributed by atoms with E-state index >= 15 is 0 Å². The van der Waals surface area contributed by atoms with Crippen molar-refractivity contribution in [2.24, 2.45) is 0 Å². The van der Waals surface area contributed by atoms with Gasteiger partial charge in [-0.25, -0.2) is 0 Å². The first-order valence-electron chi connectivity index (χ1n) is 26.2. The van der Waals surface area contributed by atoms with E-state index in [-0.39, 0.29) is 104 Å². The molecule has 0 saturated carbocycles. The van der Waals surface area contributed by atoms with Gasteiger partial charge in [0.1, 0.15) is 0 Å². The number of ether oxygens (including phenoxy) is 9. The van der Waals surface area contributed by atoms with E-state index in [1.54, 1.807) is 29.7 Å². The molecule has 5 heterocycles. The molecule has 0 spiro atoms. The van der Waals surface area contributed by atoms with Gasteiger partial charge in [0, 0.05) is 0 Å². The molecular formula is C52H104I3O18S9Sn5-. The Labute approximate surface area is 604 Å². The van der Waals surface area contributed by atoms with Gasteiger partial charge in [0.2, 0.25) is 0 Å². The molecular weight excluding hydrogens is 2180 g/mol. The van der Waals surface area contributed by atoms with Crippen LogP contribution >= 0.6 is 142 Å². The number of cyclic esters (lactones) is 3. The van der Waals surface area contributed by atoms with Crippen LogP contribution in [0.4, 0.5) is 0 Å². The summed E-state index contributed by atoms with van der Waals surface area (Å²) in [5.74, 6) is -0.551. The summed E-state index contributed by atoms with van der Waals surface area (Å²) in [5.41, 5.74) is 0. The number of fused-ring (bicyclic) bond motifs is 30. The maximum absolute atomic E-state index is 12.4. The van der Waals surface area contributed by atoms with E-state index in [4.69, 9.17) is 42.6 Å². The summed E-state index contributed by atoms with van der Waals surface area (Å²) in [5, 5.41) is 0. The minimum absolute atomic E-state index is 0. The minimum atomic E-state index is -3.54. The topological polar surface area (TPSA) is 237 Å². The molecule has 5 aliphatic rings. The van der Waals surface area contributed by atoms with E-state index in [1.165, 1.54) is 86.0 Å². The fourth-order valence-electron chi connectivity index (χ4n) is 6.59. The standard InChI is InChI=1S/2C11H19O4S2.C8H15O2S.2C5H8O4S2.6CH4.6CH3.3HI.5Sn/c2*1-2-3-4-5-6-17-8-11(13)15-9-14-10(12)7-16;1-2-3-4-5-6-10-8(9)7-11;2*6-4(1-10)8-3-9-5(7)2-11;;;;;;;;;;;;;;;;;;;;/h2*16H,1-9H2;11H,1-7H2;2*10-11H,1-3H2;6*1H4;6*1H3;3*1H;;;;;/q;;;;;;;;;;;;;;;;;;;;2*+1;2*+2;+3/p-10. The zero-order valence-corrected chi connectivity index (χ0v) is 75.2. The Morgan fingerprint density at radius 3 is 0.874 bits per heavy atom. The van der Waals surface area contributed by atoms with Crippen LogP contribution in [0, 0.1) is 0 Å². The van der Waals surface area contributed by atoms with Gasteiger partial charge < -0.3 is 0 Å². The predicted octanol–water partition coefficient (Wildman–Crippen LogP) is 16.2. The number of rotatable bonds is 0. The average Bonchev–Trinajstić information content (AvgIpc) is 3.43. The zero-order chi connectivity index (χ0) is 60.4. The molecule has 5 saturated heterocycles. The Bertz CT molecular complexity index is 1880. The van der Waals surface area contributed by atoms with Gasteiger partial charge in [0.05, 0.1) is 0 Å². The summed E-state index contributed by atoms with van der Waals surface area (Å²) < 4.78 is 49.1. The SMILES string of the molecule is C.C.C.C.C.C.[CH3][Sn]1([CH3])[CH2]CCCCCOC(=O)C[S]1.[CH3][Sn]1([CH3])[CH2]CCCCCSCC(=O)OCOC(=O)C[S]1.[CH3][Sn]12[CH2]CCCCCSCC(=O)OCOC(=O)C[S][Sn]([CH3])([S]CC(=O)OCOC(=O)C[S]1)[S]CC(=O)OCOC(=O)C[S]2.[I][Sn-]([I])[I]. The van der Waals surface area contributed by atoms with Crippen LogP contribution in [0.25, 0.3) is 0 Å². The van der Waals surface area contributed by atoms with Crippen molar-refractivity contribution in [3.63, 3.8) is 0 Å². The van der Waals surface area contributed by atoms with Crippen LogP contribution in [0.1, 0.15) is 122 Å². The Balaban J connectivity index is -0.000000309. The molecule has 5 aliphatic heterocycles. The number of carbonyl (C=O) groups is 9. The first kappa shape index (κ1) is 103. The first-order chi connectivity index (χ1) is 38.3. The molecule has 0 aromatic heterocycles. The molecule has 87 heavy (non-hydrogen) atoms. The molecule has 516 valence electrons. The fraction of sp³-hybridized carbons (Fsp3) is 0.827. The van der Waals surface area contributed by atoms with Crippen LogP contribution in [0.5, 0.6) is 0 Å². The quantitative estimate of drug-likeness (QED) is 0.0948. The van der Waals surface area contributed by atoms with E-state index in [9.17, 15) is 43.2 Å². The molecule has 5 fully saturated rings. The van der Waals surface area contributed by atoms with Gasteiger partial charge in [0.15, 0.2) is 0 Å². The van der Waals surface area contributed by atoms with Gasteiger partial charge in [-0.05, 0) is 0 Å². The second-order valence-electron chi connectivity index (χ2n) is 19.2. The van der Waals surface area contributed by atoms with Crippen molar-refractivity contribution in [3.05, 3.63) is 0 Å². The van der Waals surface area contributed by atoms with Crippen molar-refractivity contribution >= 4 is 267 Å². The third kappa shape index (κ3) is 63.7. The Hall–Kier alpha value is 4.56. The second-order valence-corrected chi connectivity index (χ2v) is 193. The number of esters is 9. The summed E-state index contributed by atoms with van der Waals surface area (Å²) >= 11 is -0.0427. The Kier molecular flexibility index (Phi) is 74.0. The second kappa shape index (κ2) is 62.8. The van der Waals surface area contributed by atoms with Crippen molar-refractivity contribution in [2.45, 2.75) is 165 Å². The summed E-state index contributed by atoms with van der Waals surface area (Å²) in [7, 11) is 10.1. The van der Waals surface area contributed by atoms with Crippen molar-refractivity contribution in [1.29, 1.82) is 0 Å². The van der Waals surface area contributed by atoms with E-state index in [0.29, 0.717) is 23.9 Å². The number of thioether (sulfide) groups is 2.